The van der Waals surface area contributed by atoms with Crippen LogP contribution in [-0.2, 0) is 4.43 Å². The average molecular weight is 301 g/mol. The van der Waals surface area contributed by atoms with E-state index in [0.29, 0.717) is 0 Å². The highest BCUT2D eigenvalue weighted by atomic mass is 28.4. The highest BCUT2D eigenvalue weighted by Crippen LogP contribution is 2.30. The molecule has 3 nitrogen and oxygen atoms in total. The lowest BCUT2D eigenvalue weighted by atomic mass is 10.1. The van der Waals surface area contributed by atoms with Crippen LogP contribution in [0.4, 0.5) is 0 Å². The first-order chi connectivity index (χ1) is 9.47. The number of nitrogens with one attached hydrogen (secondary N) is 1. The summed E-state index contributed by atoms with van der Waals surface area (Å²) in [4.78, 5) is 2.60. The third-order valence-corrected chi connectivity index (χ3v) is 9.78. The minimum absolute atomic E-state index is 0.0628. The molecule has 0 bridgehead atoms. The van der Waals surface area contributed by atoms with E-state index in [1.54, 1.807) is 0 Å². The molecule has 1 fully saturated rings. The van der Waals surface area contributed by atoms with E-state index in [2.05, 4.69) is 44.8 Å². The maximum atomic E-state index is 6.67. The van der Waals surface area contributed by atoms with E-state index in [1.807, 2.05) is 0 Å². The number of hydrogen-bond donors (Lipinski definition) is 1. The molecule has 0 aromatic rings. The van der Waals surface area contributed by atoms with Gasteiger partial charge >= 0.3 is 0 Å². The van der Waals surface area contributed by atoms with Crippen molar-refractivity contribution in [3.05, 3.63) is 0 Å². The zero-order valence-corrected chi connectivity index (χ0v) is 15.4. The molecule has 0 amide bonds. The van der Waals surface area contributed by atoms with Gasteiger partial charge in [0.25, 0.3) is 0 Å². The highest BCUT2D eigenvalue weighted by Gasteiger charge is 2.36. The van der Waals surface area contributed by atoms with Crippen molar-refractivity contribution in [1.29, 1.82) is 0 Å². The molecule has 0 aliphatic carbocycles. The van der Waals surface area contributed by atoms with Crippen LogP contribution in [0.3, 0.4) is 0 Å². The Balaban J connectivity index is 2.44. The smallest absolute Gasteiger partial charge is 0.193 e. The molecule has 1 rings (SSSR count). The zero-order chi connectivity index (χ0) is 15.1. The predicted octanol–water partition coefficient (Wildman–Crippen LogP) is 3.47. The van der Waals surface area contributed by atoms with Crippen LogP contribution in [0.25, 0.3) is 0 Å². The Labute approximate surface area is 127 Å². The van der Waals surface area contributed by atoms with Gasteiger partial charge in [-0.1, -0.05) is 20.8 Å². The van der Waals surface area contributed by atoms with Crippen LogP contribution >= 0.6 is 0 Å². The standard InChI is InChI=1S/C16H36N2OSi/c1-6-16(4,5)19-20(7-2,8-3)15-9-12-18-13-10-17-11-14-18/h17H,6-15H2,1-5H3. The van der Waals surface area contributed by atoms with Crippen molar-refractivity contribution in [1.82, 2.24) is 10.2 Å². The third kappa shape index (κ3) is 5.84. The molecule has 0 radical (unpaired) electrons. The normalized spacial score (nSPS) is 18.4. The lowest BCUT2D eigenvalue weighted by molar-refractivity contribution is 0.0902. The van der Waals surface area contributed by atoms with Crippen molar-refractivity contribution in [2.75, 3.05) is 32.7 Å². The van der Waals surface area contributed by atoms with Crippen molar-refractivity contribution in [2.45, 2.75) is 71.2 Å². The lowest BCUT2D eigenvalue weighted by Gasteiger charge is -2.39. The Bertz CT molecular complexity index is 261. The summed E-state index contributed by atoms with van der Waals surface area (Å²) in [5.74, 6) is 0. The molecule has 0 unspecified atom stereocenters. The van der Waals surface area contributed by atoms with E-state index >= 15 is 0 Å². The van der Waals surface area contributed by atoms with Crippen LogP contribution in [0.15, 0.2) is 0 Å². The Morgan fingerprint density at radius 2 is 1.70 bits per heavy atom. The highest BCUT2D eigenvalue weighted by molar-refractivity contribution is 6.73. The molecular formula is C16H36N2OSi. The Hall–Kier alpha value is 0.0969. The summed E-state index contributed by atoms with van der Waals surface area (Å²) in [5.41, 5.74) is 0.0628. The largest absolute Gasteiger partial charge is 0.412 e. The van der Waals surface area contributed by atoms with Gasteiger partial charge in [0.15, 0.2) is 8.32 Å². The average Bonchev–Trinajstić information content (AvgIpc) is 2.47. The summed E-state index contributed by atoms with van der Waals surface area (Å²) in [7, 11) is -1.53. The molecule has 0 aromatic carbocycles. The first kappa shape index (κ1) is 18.1. The van der Waals surface area contributed by atoms with Gasteiger partial charge in [0.2, 0.25) is 0 Å². The van der Waals surface area contributed by atoms with Crippen molar-refractivity contribution < 1.29 is 4.43 Å². The minimum Gasteiger partial charge on any atom is -0.412 e. The fraction of sp³-hybridized carbons (Fsp3) is 1.00. The van der Waals surface area contributed by atoms with Crippen molar-refractivity contribution >= 4 is 8.32 Å². The quantitative estimate of drug-likeness (QED) is 0.660. The molecule has 4 heteroatoms. The van der Waals surface area contributed by atoms with Crippen molar-refractivity contribution in [3.63, 3.8) is 0 Å². The number of hydrogen-bond acceptors (Lipinski definition) is 3. The molecule has 1 heterocycles. The molecule has 20 heavy (non-hydrogen) atoms. The predicted molar refractivity (Wildman–Crippen MR) is 90.9 cm³/mol. The molecule has 1 aliphatic heterocycles. The Morgan fingerprint density at radius 3 is 2.20 bits per heavy atom. The van der Waals surface area contributed by atoms with Gasteiger partial charge in [0.05, 0.1) is 5.60 Å². The zero-order valence-electron chi connectivity index (χ0n) is 14.4. The SMILES string of the molecule is CCC(C)(C)O[Si](CC)(CC)CCCN1CCNCC1. The van der Waals surface area contributed by atoms with Gasteiger partial charge in [-0.15, -0.1) is 0 Å². The van der Waals surface area contributed by atoms with Crippen molar-refractivity contribution in [2.24, 2.45) is 0 Å². The summed E-state index contributed by atoms with van der Waals surface area (Å²) in [5, 5.41) is 3.42. The molecule has 1 aliphatic rings. The fourth-order valence-electron chi connectivity index (χ4n) is 3.02. The second kappa shape index (κ2) is 8.52. The molecular weight excluding hydrogens is 264 g/mol. The second-order valence-corrected chi connectivity index (χ2v) is 11.3. The van der Waals surface area contributed by atoms with E-state index in [1.165, 1.54) is 44.2 Å². The van der Waals surface area contributed by atoms with E-state index < -0.39 is 8.32 Å². The van der Waals surface area contributed by atoms with Crippen LogP contribution in [0.1, 0.15) is 47.5 Å². The van der Waals surface area contributed by atoms with Gasteiger partial charge in [-0.3, -0.25) is 0 Å². The van der Waals surface area contributed by atoms with Gasteiger partial charge in [0.1, 0.15) is 0 Å². The van der Waals surface area contributed by atoms with E-state index in [9.17, 15) is 0 Å². The monoisotopic (exact) mass is 300 g/mol. The number of rotatable bonds is 9. The number of nitrogens with zero attached hydrogens (tertiary/aromatic N) is 1. The van der Waals surface area contributed by atoms with Gasteiger partial charge in [0, 0.05) is 26.2 Å². The molecule has 0 aromatic heterocycles. The van der Waals surface area contributed by atoms with E-state index in [-0.39, 0.29) is 5.60 Å². The van der Waals surface area contributed by atoms with Gasteiger partial charge in [-0.05, 0) is 51.4 Å². The van der Waals surface area contributed by atoms with Crippen LogP contribution in [0.5, 0.6) is 0 Å². The third-order valence-electron chi connectivity index (χ3n) is 4.95. The summed E-state index contributed by atoms with van der Waals surface area (Å²) < 4.78 is 6.67. The molecule has 1 N–H and O–H groups in total. The van der Waals surface area contributed by atoms with Crippen LogP contribution < -0.4 is 5.32 Å². The van der Waals surface area contributed by atoms with E-state index in [4.69, 9.17) is 4.43 Å². The van der Waals surface area contributed by atoms with Crippen molar-refractivity contribution in [3.8, 4) is 0 Å². The molecule has 0 atom stereocenters. The van der Waals surface area contributed by atoms with Crippen LogP contribution in [-0.4, -0.2) is 51.5 Å². The number of piperazine rings is 1. The second-order valence-electron chi connectivity index (χ2n) is 6.80. The van der Waals surface area contributed by atoms with Crippen LogP contribution in [0, 0.1) is 0 Å². The summed E-state index contributed by atoms with van der Waals surface area (Å²) in [6.45, 7) is 17.4. The Morgan fingerprint density at radius 1 is 1.10 bits per heavy atom. The summed E-state index contributed by atoms with van der Waals surface area (Å²) in [6.07, 6.45) is 2.42. The van der Waals surface area contributed by atoms with Crippen LogP contribution in [0.2, 0.25) is 18.1 Å². The lowest BCUT2D eigenvalue weighted by Crippen LogP contribution is -2.46. The first-order valence-electron chi connectivity index (χ1n) is 8.60. The fourth-order valence-corrected chi connectivity index (χ4v) is 6.73. The first-order valence-corrected chi connectivity index (χ1v) is 11.1. The molecule has 0 spiro atoms. The van der Waals surface area contributed by atoms with Gasteiger partial charge in [-0.2, -0.15) is 0 Å². The summed E-state index contributed by atoms with van der Waals surface area (Å²) in [6, 6.07) is 3.84. The molecule has 120 valence electrons. The molecule has 1 saturated heterocycles. The minimum atomic E-state index is -1.53. The summed E-state index contributed by atoms with van der Waals surface area (Å²) >= 11 is 0. The maximum absolute atomic E-state index is 6.67. The van der Waals surface area contributed by atoms with Gasteiger partial charge in [-0.25, -0.2) is 0 Å². The maximum Gasteiger partial charge on any atom is 0.193 e. The topological polar surface area (TPSA) is 24.5 Å². The van der Waals surface area contributed by atoms with E-state index in [0.717, 1.165) is 19.5 Å². The van der Waals surface area contributed by atoms with Gasteiger partial charge < -0.3 is 14.6 Å². The molecule has 0 saturated carbocycles. The Kier molecular flexibility index (Phi) is 7.73.